The Kier molecular flexibility index (Phi) is 3.71. The summed E-state index contributed by atoms with van der Waals surface area (Å²) in [7, 11) is 3.31. The highest BCUT2D eigenvalue weighted by Crippen LogP contribution is 2.37. The largest absolute Gasteiger partial charge is 0.493 e. The Hall–Kier alpha value is -0.740. The number of alkyl halides is 1. The Labute approximate surface area is 104 Å². The number of hydrogen-bond acceptors (Lipinski definition) is 3. The highest BCUT2D eigenvalue weighted by molar-refractivity contribution is 9.09. The molecule has 0 N–H and O–H groups in total. The van der Waals surface area contributed by atoms with Crippen molar-refractivity contribution in [3.8, 4) is 11.5 Å². The molecular formula is C12H15BrO3. The molecule has 1 aliphatic rings. The third kappa shape index (κ3) is 2.18. The van der Waals surface area contributed by atoms with Gasteiger partial charge in [-0.25, -0.2) is 0 Å². The SMILES string of the molecule is COc1cc2c(cc1OC)C(Br)COCC2. The molecule has 3 nitrogen and oxygen atoms in total. The summed E-state index contributed by atoms with van der Waals surface area (Å²) >= 11 is 3.63. The van der Waals surface area contributed by atoms with Gasteiger partial charge in [-0.05, 0) is 29.7 Å². The van der Waals surface area contributed by atoms with E-state index in [1.165, 1.54) is 11.1 Å². The second-order valence-electron chi connectivity index (χ2n) is 3.70. The lowest BCUT2D eigenvalue weighted by atomic mass is 10.0. The van der Waals surface area contributed by atoms with Gasteiger partial charge in [-0.3, -0.25) is 0 Å². The zero-order valence-electron chi connectivity index (χ0n) is 9.46. The van der Waals surface area contributed by atoms with E-state index in [9.17, 15) is 0 Å². The van der Waals surface area contributed by atoms with Crippen LogP contribution in [0.1, 0.15) is 16.0 Å². The van der Waals surface area contributed by atoms with Crippen LogP contribution in [0, 0.1) is 0 Å². The Morgan fingerprint density at radius 1 is 1.25 bits per heavy atom. The Bertz CT molecular complexity index is 379. The van der Waals surface area contributed by atoms with Gasteiger partial charge < -0.3 is 14.2 Å². The molecule has 0 aliphatic carbocycles. The molecular weight excluding hydrogens is 272 g/mol. The first kappa shape index (κ1) is 11.7. The zero-order valence-corrected chi connectivity index (χ0v) is 11.0. The van der Waals surface area contributed by atoms with Crippen molar-refractivity contribution in [1.82, 2.24) is 0 Å². The van der Waals surface area contributed by atoms with Gasteiger partial charge >= 0.3 is 0 Å². The highest BCUT2D eigenvalue weighted by atomic mass is 79.9. The van der Waals surface area contributed by atoms with Crippen LogP contribution in [0.3, 0.4) is 0 Å². The maximum atomic E-state index is 5.51. The molecule has 16 heavy (non-hydrogen) atoms. The minimum Gasteiger partial charge on any atom is -0.493 e. The molecule has 0 saturated heterocycles. The molecule has 0 amide bonds. The molecule has 1 aromatic carbocycles. The van der Waals surface area contributed by atoms with E-state index >= 15 is 0 Å². The smallest absolute Gasteiger partial charge is 0.161 e. The topological polar surface area (TPSA) is 27.7 Å². The van der Waals surface area contributed by atoms with Gasteiger partial charge in [-0.2, -0.15) is 0 Å². The predicted molar refractivity (Wildman–Crippen MR) is 65.7 cm³/mol. The van der Waals surface area contributed by atoms with Crippen LogP contribution < -0.4 is 9.47 Å². The average molecular weight is 287 g/mol. The van der Waals surface area contributed by atoms with Gasteiger partial charge in [0.05, 0.1) is 32.3 Å². The van der Waals surface area contributed by atoms with Gasteiger partial charge in [0.2, 0.25) is 0 Å². The van der Waals surface area contributed by atoms with E-state index in [1.807, 2.05) is 12.1 Å². The normalized spacial score (nSPS) is 19.8. The van der Waals surface area contributed by atoms with E-state index in [1.54, 1.807) is 14.2 Å². The minimum absolute atomic E-state index is 0.227. The van der Waals surface area contributed by atoms with Gasteiger partial charge in [0, 0.05) is 0 Å². The van der Waals surface area contributed by atoms with E-state index in [2.05, 4.69) is 15.9 Å². The summed E-state index contributed by atoms with van der Waals surface area (Å²) in [5, 5.41) is 0. The van der Waals surface area contributed by atoms with E-state index in [4.69, 9.17) is 14.2 Å². The summed E-state index contributed by atoms with van der Waals surface area (Å²) < 4.78 is 16.1. The first-order chi connectivity index (χ1) is 7.76. The van der Waals surface area contributed by atoms with Gasteiger partial charge in [0.1, 0.15) is 0 Å². The lowest BCUT2D eigenvalue weighted by molar-refractivity contribution is 0.146. The lowest BCUT2D eigenvalue weighted by Gasteiger charge is -2.15. The molecule has 1 aromatic rings. The molecule has 2 rings (SSSR count). The fourth-order valence-electron chi connectivity index (χ4n) is 1.90. The first-order valence-electron chi connectivity index (χ1n) is 5.23. The lowest BCUT2D eigenvalue weighted by Crippen LogP contribution is -2.00. The fourth-order valence-corrected chi connectivity index (χ4v) is 2.52. The number of halogens is 1. The molecule has 0 saturated carbocycles. The third-order valence-electron chi connectivity index (χ3n) is 2.76. The quantitative estimate of drug-likeness (QED) is 0.783. The van der Waals surface area contributed by atoms with Crippen molar-refractivity contribution < 1.29 is 14.2 Å². The van der Waals surface area contributed by atoms with Crippen LogP contribution in [0.4, 0.5) is 0 Å². The molecule has 1 heterocycles. The van der Waals surface area contributed by atoms with Crippen LogP contribution in [0.15, 0.2) is 12.1 Å². The summed E-state index contributed by atoms with van der Waals surface area (Å²) in [5.41, 5.74) is 2.49. The molecule has 0 spiro atoms. The van der Waals surface area contributed by atoms with Crippen LogP contribution >= 0.6 is 15.9 Å². The van der Waals surface area contributed by atoms with Gasteiger partial charge in [0.15, 0.2) is 11.5 Å². The van der Waals surface area contributed by atoms with Gasteiger partial charge in [-0.15, -0.1) is 0 Å². The first-order valence-corrected chi connectivity index (χ1v) is 6.14. The molecule has 0 bridgehead atoms. The molecule has 4 heteroatoms. The van der Waals surface area contributed by atoms with Crippen molar-refractivity contribution in [2.75, 3.05) is 27.4 Å². The number of benzene rings is 1. The van der Waals surface area contributed by atoms with Crippen molar-refractivity contribution in [2.45, 2.75) is 11.2 Å². The maximum absolute atomic E-state index is 5.51. The zero-order chi connectivity index (χ0) is 11.5. The van der Waals surface area contributed by atoms with Crippen molar-refractivity contribution in [3.05, 3.63) is 23.3 Å². The number of fused-ring (bicyclic) bond motifs is 1. The number of ether oxygens (including phenoxy) is 3. The summed E-state index contributed by atoms with van der Waals surface area (Å²) in [4.78, 5) is 0.227. The molecule has 1 aliphatic heterocycles. The Morgan fingerprint density at radius 2 is 1.94 bits per heavy atom. The van der Waals surface area contributed by atoms with Crippen LogP contribution in [-0.4, -0.2) is 27.4 Å². The van der Waals surface area contributed by atoms with Gasteiger partial charge in [-0.1, -0.05) is 15.9 Å². The third-order valence-corrected chi connectivity index (χ3v) is 3.52. The predicted octanol–water partition coefficient (Wildman–Crippen LogP) is 2.71. The van der Waals surface area contributed by atoms with Crippen LogP contribution in [0.25, 0.3) is 0 Å². The van der Waals surface area contributed by atoms with Crippen molar-refractivity contribution >= 4 is 15.9 Å². The average Bonchev–Trinajstić information content (AvgIpc) is 2.49. The summed E-state index contributed by atoms with van der Waals surface area (Å²) in [6.07, 6.45) is 0.914. The van der Waals surface area contributed by atoms with Crippen molar-refractivity contribution in [3.63, 3.8) is 0 Å². The molecule has 1 unspecified atom stereocenters. The van der Waals surface area contributed by atoms with Crippen LogP contribution in [0.5, 0.6) is 11.5 Å². The summed E-state index contributed by atoms with van der Waals surface area (Å²) in [6, 6.07) is 4.07. The molecule has 1 atom stereocenters. The fraction of sp³-hybridized carbons (Fsp3) is 0.500. The minimum atomic E-state index is 0.227. The Morgan fingerprint density at radius 3 is 2.62 bits per heavy atom. The Balaban J connectivity index is 2.47. The molecule has 0 radical (unpaired) electrons. The number of methoxy groups -OCH3 is 2. The monoisotopic (exact) mass is 286 g/mol. The van der Waals surface area contributed by atoms with Crippen LogP contribution in [-0.2, 0) is 11.2 Å². The van der Waals surface area contributed by atoms with E-state index in [-0.39, 0.29) is 4.83 Å². The summed E-state index contributed by atoms with van der Waals surface area (Å²) in [6.45, 7) is 1.45. The van der Waals surface area contributed by atoms with E-state index in [0.717, 1.165) is 24.5 Å². The summed E-state index contributed by atoms with van der Waals surface area (Å²) in [5.74, 6) is 1.55. The molecule has 0 aromatic heterocycles. The number of rotatable bonds is 2. The maximum Gasteiger partial charge on any atom is 0.161 e. The molecule has 0 fully saturated rings. The van der Waals surface area contributed by atoms with E-state index in [0.29, 0.717) is 6.61 Å². The second-order valence-corrected chi connectivity index (χ2v) is 4.80. The van der Waals surface area contributed by atoms with E-state index < -0.39 is 0 Å². The van der Waals surface area contributed by atoms with Crippen molar-refractivity contribution in [2.24, 2.45) is 0 Å². The standard InChI is InChI=1S/C12H15BrO3/c1-14-11-5-8-3-4-16-7-10(13)9(8)6-12(11)15-2/h5-6,10H,3-4,7H2,1-2H3. The second kappa shape index (κ2) is 5.06. The van der Waals surface area contributed by atoms with Crippen LogP contribution in [0.2, 0.25) is 0 Å². The van der Waals surface area contributed by atoms with Gasteiger partial charge in [0.25, 0.3) is 0 Å². The van der Waals surface area contributed by atoms with Crippen molar-refractivity contribution in [1.29, 1.82) is 0 Å². The number of hydrogen-bond donors (Lipinski definition) is 0. The molecule has 88 valence electrons. The highest BCUT2D eigenvalue weighted by Gasteiger charge is 2.19.